The second-order valence-corrected chi connectivity index (χ2v) is 5.14. The Bertz CT molecular complexity index is 326. The van der Waals surface area contributed by atoms with Gasteiger partial charge in [0.1, 0.15) is 0 Å². The van der Waals surface area contributed by atoms with Crippen LogP contribution in [0.3, 0.4) is 0 Å². The number of aromatic nitrogens is 1. The molecule has 0 amide bonds. The van der Waals surface area contributed by atoms with E-state index in [1.807, 2.05) is 12.1 Å². The Morgan fingerprint density at radius 3 is 2.53 bits per heavy atom. The molecule has 0 saturated heterocycles. The third kappa shape index (κ3) is 3.70. The second-order valence-electron chi connectivity index (χ2n) is 5.14. The highest BCUT2D eigenvalue weighted by atomic mass is 15.1. The van der Waals surface area contributed by atoms with Crippen LogP contribution in [0.1, 0.15) is 44.2 Å². The fourth-order valence-corrected chi connectivity index (χ4v) is 2.61. The monoisotopic (exact) mass is 233 g/mol. The molecule has 0 aliphatic heterocycles. The molecule has 17 heavy (non-hydrogen) atoms. The van der Waals surface area contributed by atoms with Crippen LogP contribution in [0.2, 0.25) is 0 Å². The Morgan fingerprint density at radius 2 is 1.94 bits per heavy atom. The second kappa shape index (κ2) is 6.01. The van der Waals surface area contributed by atoms with Crippen LogP contribution in [-0.2, 0) is 6.54 Å². The first-order valence-electron chi connectivity index (χ1n) is 6.66. The molecule has 2 N–H and O–H groups in total. The van der Waals surface area contributed by atoms with Gasteiger partial charge >= 0.3 is 0 Å². The summed E-state index contributed by atoms with van der Waals surface area (Å²) in [4.78, 5) is 6.82. The highest BCUT2D eigenvalue weighted by molar-refractivity contribution is 5.34. The first-order chi connectivity index (χ1) is 8.25. The van der Waals surface area contributed by atoms with Crippen LogP contribution in [0, 0.1) is 0 Å². The van der Waals surface area contributed by atoms with Crippen molar-refractivity contribution < 1.29 is 0 Å². The third-order valence-electron chi connectivity index (χ3n) is 3.71. The van der Waals surface area contributed by atoms with Crippen molar-refractivity contribution in [3.8, 4) is 0 Å². The van der Waals surface area contributed by atoms with E-state index in [-0.39, 0.29) is 0 Å². The van der Waals surface area contributed by atoms with E-state index in [0.717, 1.165) is 24.0 Å². The maximum absolute atomic E-state index is 5.64. The molecule has 1 aliphatic carbocycles. The summed E-state index contributed by atoms with van der Waals surface area (Å²) in [6.45, 7) is 0.935. The minimum atomic E-state index is 0.733. The Kier molecular flexibility index (Phi) is 4.37. The average molecular weight is 233 g/mol. The normalized spacial score (nSPS) is 18.2. The van der Waals surface area contributed by atoms with Gasteiger partial charge in [-0.3, -0.25) is 9.88 Å². The van der Waals surface area contributed by atoms with E-state index in [0.29, 0.717) is 0 Å². The average Bonchev–Trinajstić information content (AvgIpc) is 2.61. The van der Waals surface area contributed by atoms with Gasteiger partial charge in [-0.05, 0) is 32.0 Å². The van der Waals surface area contributed by atoms with Gasteiger partial charge in [-0.2, -0.15) is 0 Å². The standard InChI is InChI=1S/C14H23N3/c1-17(14-6-4-2-3-5-7-14)11-13-9-8-12(15)10-16-13/h8-10,14H,2-7,11,15H2,1H3. The Hall–Kier alpha value is -1.09. The molecule has 1 fully saturated rings. The van der Waals surface area contributed by atoms with Crippen LogP contribution in [0.5, 0.6) is 0 Å². The number of anilines is 1. The lowest BCUT2D eigenvalue weighted by Crippen LogP contribution is -2.31. The molecule has 1 aliphatic rings. The third-order valence-corrected chi connectivity index (χ3v) is 3.71. The first kappa shape index (κ1) is 12.4. The van der Waals surface area contributed by atoms with Crippen LogP contribution in [0.25, 0.3) is 0 Å². The van der Waals surface area contributed by atoms with E-state index in [9.17, 15) is 0 Å². The van der Waals surface area contributed by atoms with Gasteiger partial charge in [-0.1, -0.05) is 25.7 Å². The summed E-state index contributed by atoms with van der Waals surface area (Å²) in [6, 6.07) is 4.70. The number of nitrogens with two attached hydrogens (primary N) is 1. The molecular weight excluding hydrogens is 210 g/mol. The van der Waals surface area contributed by atoms with Gasteiger partial charge < -0.3 is 5.73 Å². The fourth-order valence-electron chi connectivity index (χ4n) is 2.61. The molecule has 1 heterocycles. The fraction of sp³-hybridized carbons (Fsp3) is 0.643. The first-order valence-corrected chi connectivity index (χ1v) is 6.66. The van der Waals surface area contributed by atoms with Crippen LogP contribution < -0.4 is 5.73 Å². The predicted octanol–water partition coefficient (Wildman–Crippen LogP) is 2.82. The van der Waals surface area contributed by atoms with Gasteiger partial charge in [-0.15, -0.1) is 0 Å². The number of nitrogens with zero attached hydrogens (tertiary/aromatic N) is 2. The molecule has 0 bridgehead atoms. The van der Waals surface area contributed by atoms with Crippen molar-refractivity contribution in [1.82, 2.24) is 9.88 Å². The SMILES string of the molecule is CN(Cc1ccc(N)cn1)C1CCCCCC1. The molecule has 1 saturated carbocycles. The van der Waals surface area contributed by atoms with Crippen molar-refractivity contribution in [2.45, 2.75) is 51.1 Å². The highest BCUT2D eigenvalue weighted by Crippen LogP contribution is 2.22. The zero-order chi connectivity index (χ0) is 12.1. The van der Waals surface area contributed by atoms with Crippen molar-refractivity contribution in [2.75, 3.05) is 12.8 Å². The van der Waals surface area contributed by atoms with E-state index >= 15 is 0 Å². The van der Waals surface area contributed by atoms with Crippen molar-refractivity contribution in [3.63, 3.8) is 0 Å². The van der Waals surface area contributed by atoms with Crippen LogP contribution in [-0.4, -0.2) is 23.0 Å². The quantitative estimate of drug-likeness (QED) is 0.816. The summed E-state index contributed by atoms with van der Waals surface area (Å²) in [7, 11) is 2.22. The summed E-state index contributed by atoms with van der Waals surface area (Å²) in [5.41, 5.74) is 7.50. The maximum Gasteiger partial charge on any atom is 0.0545 e. The molecule has 3 nitrogen and oxygen atoms in total. The van der Waals surface area contributed by atoms with Crippen molar-refractivity contribution in [3.05, 3.63) is 24.0 Å². The molecule has 1 aromatic heterocycles. The number of nitrogen functional groups attached to an aromatic ring is 1. The number of rotatable bonds is 3. The van der Waals surface area contributed by atoms with Crippen molar-refractivity contribution in [1.29, 1.82) is 0 Å². The zero-order valence-corrected chi connectivity index (χ0v) is 10.7. The summed E-state index contributed by atoms with van der Waals surface area (Å²) in [5.74, 6) is 0. The summed E-state index contributed by atoms with van der Waals surface area (Å²) >= 11 is 0. The molecule has 0 aromatic carbocycles. The van der Waals surface area contributed by atoms with E-state index in [4.69, 9.17) is 5.73 Å². The molecule has 0 spiro atoms. The largest absolute Gasteiger partial charge is 0.397 e. The highest BCUT2D eigenvalue weighted by Gasteiger charge is 2.17. The Morgan fingerprint density at radius 1 is 1.24 bits per heavy atom. The number of pyridine rings is 1. The van der Waals surface area contributed by atoms with Crippen LogP contribution in [0.4, 0.5) is 5.69 Å². The lowest BCUT2D eigenvalue weighted by molar-refractivity contribution is 0.211. The molecule has 0 unspecified atom stereocenters. The summed E-state index contributed by atoms with van der Waals surface area (Å²) in [5, 5.41) is 0. The minimum Gasteiger partial charge on any atom is -0.397 e. The number of hydrogen-bond donors (Lipinski definition) is 1. The lowest BCUT2D eigenvalue weighted by atomic mass is 10.1. The molecule has 2 rings (SSSR count). The van der Waals surface area contributed by atoms with E-state index in [1.54, 1.807) is 6.20 Å². The topological polar surface area (TPSA) is 42.1 Å². The lowest BCUT2D eigenvalue weighted by Gasteiger charge is -2.26. The van der Waals surface area contributed by atoms with Crippen LogP contribution >= 0.6 is 0 Å². The minimum absolute atomic E-state index is 0.733. The van der Waals surface area contributed by atoms with Gasteiger partial charge in [0.2, 0.25) is 0 Å². The summed E-state index contributed by atoms with van der Waals surface area (Å²) in [6.07, 6.45) is 10.00. The zero-order valence-electron chi connectivity index (χ0n) is 10.7. The van der Waals surface area contributed by atoms with Gasteiger partial charge in [-0.25, -0.2) is 0 Å². The molecule has 0 radical (unpaired) electrons. The van der Waals surface area contributed by atoms with Gasteiger partial charge in [0.15, 0.2) is 0 Å². The van der Waals surface area contributed by atoms with E-state index in [2.05, 4.69) is 16.9 Å². The van der Waals surface area contributed by atoms with Gasteiger partial charge in [0, 0.05) is 12.6 Å². The summed E-state index contributed by atoms with van der Waals surface area (Å²) < 4.78 is 0. The van der Waals surface area contributed by atoms with E-state index in [1.165, 1.54) is 38.5 Å². The smallest absolute Gasteiger partial charge is 0.0545 e. The number of hydrogen-bond acceptors (Lipinski definition) is 3. The maximum atomic E-state index is 5.64. The molecule has 0 atom stereocenters. The Labute approximate surface area is 104 Å². The molecular formula is C14H23N3. The molecule has 94 valence electrons. The predicted molar refractivity (Wildman–Crippen MR) is 71.6 cm³/mol. The van der Waals surface area contributed by atoms with Gasteiger partial charge in [0.05, 0.1) is 17.6 Å². The van der Waals surface area contributed by atoms with E-state index < -0.39 is 0 Å². The molecule has 1 aromatic rings. The van der Waals surface area contributed by atoms with Crippen molar-refractivity contribution in [2.24, 2.45) is 0 Å². The molecule has 3 heteroatoms. The Balaban J connectivity index is 1.90. The van der Waals surface area contributed by atoms with Crippen molar-refractivity contribution >= 4 is 5.69 Å². The van der Waals surface area contributed by atoms with Crippen LogP contribution in [0.15, 0.2) is 18.3 Å². The van der Waals surface area contributed by atoms with Gasteiger partial charge in [0.25, 0.3) is 0 Å².